The summed E-state index contributed by atoms with van der Waals surface area (Å²) in [6, 6.07) is 15.4. The lowest BCUT2D eigenvalue weighted by Gasteiger charge is -2.15. The minimum absolute atomic E-state index is 0.0301. The molecule has 0 amide bonds. The molecule has 6 nitrogen and oxygen atoms in total. The number of carbonyl (C=O) groups is 1. The summed E-state index contributed by atoms with van der Waals surface area (Å²) in [5, 5.41) is 12.5. The van der Waals surface area contributed by atoms with Crippen molar-refractivity contribution in [2.24, 2.45) is 0 Å². The molecule has 1 aromatic heterocycles. The van der Waals surface area contributed by atoms with Gasteiger partial charge >= 0.3 is 5.97 Å². The van der Waals surface area contributed by atoms with Gasteiger partial charge in [-0.2, -0.15) is 4.72 Å². The van der Waals surface area contributed by atoms with E-state index in [1.54, 1.807) is 12.1 Å². The SMILES string of the molecule is Cc1nc(-c2ccc(S(=O)(=O)NC3(C(=O)O)C[C@H]3c3ccccc3)cc2)cs1. The number of hydrogen-bond donors (Lipinski definition) is 2. The minimum atomic E-state index is -3.98. The molecule has 1 saturated carbocycles. The molecule has 0 bridgehead atoms. The van der Waals surface area contributed by atoms with Crippen LogP contribution in [-0.4, -0.2) is 30.0 Å². The predicted molar refractivity (Wildman–Crippen MR) is 107 cm³/mol. The van der Waals surface area contributed by atoms with Crippen molar-refractivity contribution in [1.82, 2.24) is 9.71 Å². The molecule has 3 aromatic rings. The predicted octanol–water partition coefficient (Wildman–Crippen LogP) is 3.41. The molecule has 1 unspecified atom stereocenters. The molecule has 4 rings (SSSR count). The zero-order valence-electron chi connectivity index (χ0n) is 15.0. The molecule has 0 radical (unpaired) electrons. The number of aromatic nitrogens is 1. The first kappa shape index (κ1) is 18.8. The number of aliphatic carboxylic acids is 1. The Bertz CT molecular complexity index is 1120. The number of benzene rings is 2. The maximum Gasteiger partial charge on any atom is 0.325 e. The summed E-state index contributed by atoms with van der Waals surface area (Å²) in [6.07, 6.45) is 0.224. The lowest BCUT2D eigenvalue weighted by Crippen LogP contribution is -2.44. The number of carboxylic acid groups (broad SMARTS) is 1. The fourth-order valence-electron chi connectivity index (χ4n) is 3.34. The van der Waals surface area contributed by atoms with Crippen LogP contribution in [0, 0.1) is 6.92 Å². The van der Waals surface area contributed by atoms with Gasteiger partial charge in [-0.3, -0.25) is 4.79 Å². The zero-order valence-corrected chi connectivity index (χ0v) is 16.6. The lowest BCUT2D eigenvalue weighted by molar-refractivity contribution is -0.140. The minimum Gasteiger partial charge on any atom is -0.480 e. The highest BCUT2D eigenvalue weighted by Crippen LogP contribution is 2.52. The Hall–Kier alpha value is -2.55. The monoisotopic (exact) mass is 414 g/mol. The lowest BCUT2D eigenvalue weighted by atomic mass is 10.1. The molecule has 1 fully saturated rings. The van der Waals surface area contributed by atoms with Crippen LogP contribution in [0.4, 0.5) is 0 Å². The highest BCUT2D eigenvalue weighted by atomic mass is 32.2. The molecule has 2 N–H and O–H groups in total. The molecule has 28 heavy (non-hydrogen) atoms. The number of carboxylic acids is 1. The van der Waals surface area contributed by atoms with E-state index >= 15 is 0 Å². The number of sulfonamides is 1. The highest BCUT2D eigenvalue weighted by Gasteiger charge is 2.63. The van der Waals surface area contributed by atoms with Crippen LogP contribution in [0.1, 0.15) is 22.9 Å². The van der Waals surface area contributed by atoms with Crippen LogP contribution in [0.5, 0.6) is 0 Å². The van der Waals surface area contributed by atoms with Crippen LogP contribution in [0.3, 0.4) is 0 Å². The Morgan fingerprint density at radius 1 is 1.18 bits per heavy atom. The summed E-state index contributed by atoms with van der Waals surface area (Å²) in [5.41, 5.74) is 0.893. The summed E-state index contributed by atoms with van der Waals surface area (Å²) in [5.74, 6) is -1.56. The Morgan fingerprint density at radius 3 is 2.43 bits per heavy atom. The summed E-state index contributed by atoms with van der Waals surface area (Å²) < 4.78 is 28.1. The van der Waals surface area contributed by atoms with Gasteiger partial charge in [0.05, 0.1) is 15.6 Å². The molecule has 144 valence electrons. The van der Waals surface area contributed by atoms with Crippen LogP contribution in [-0.2, 0) is 14.8 Å². The van der Waals surface area contributed by atoms with E-state index in [9.17, 15) is 18.3 Å². The van der Waals surface area contributed by atoms with Crippen LogP contribution < -0.4 is 4.72 Å². The Kier molecular flexibility index (Phi) is 4.57. The molecular formula is C20H18N2O4S2. The first-order valence-electron chi connectivity index (χ1n) is 8.67. The molecule has 0 spiro atoms. The Balaban J connectivity index is 1.59. The highest BCUT2D eigenvalue weighted by molar-refractivity contribution is 7.89. The van der Waals surface area contributed by atoms with Crippen molar-refractivity contribution in [1.29, 1.82) is 0 Å². The molecule has 2 aromatic carbocycles. The van der Waals surface area contributed by atoms with Crippen molar-refractivity contribution in [2.45, 2.75) is 29.7 Å². The smallest absolute Gasteiger partial charge is 0.325 e. The van der Waals surface area contributed by atoms with Gasteiger partial charge in [-0.25, -0.2) is 13.4 Å². The standard InChI is InChI=1S/C20H18N2O4S2/c1-13-21-18(12-27-13)15-7-9-16(10-8-15)28(25,26)22-20(19(23)24)11-17(20)14-5-3-2-4-6-14/h2-10,12,17,22H,11H2,1H3,(H,23,24)/t17-,20?/m0/s1. The molecule has 1 aliphatic carbocycles. The fraction of sp³-hybridized carbons (Fsp3) is 0.200. The van der Waals surface area contributed by atoms with E-state index in [2.05, 4.69) is 9.71 Å². The number of thiazole rings is 1. The van der Waals surface area contributed by atoms with Gasteiger partial charge in [0.2, 0.25) is 10.0 Å². The Labute approximate surface area is 166 Å². The topological polar surface area (TPSA) is 96.4 Å². The maximum absolute atomic E-state index is 12.8. The second kappa shape index (κ2) is 6.80. The van der Waals surface area contributed by atoms with E-state index in [-0.39, 0.29) is 11.3 Å². The molecule has 0 saturated heterocycles. The van der Waals surface area contributed by atoms with Crippen molar-refractivity contribution in [3.8, 4) is 11.3 Å². The molecule has 8 heteroatoms. The van der Waals surface area contributed by atoms with Gasteiger partial charge in [-0.1, -0.05) is 42.5 Å². The van der Waals surface area contributed by atoms with Gasteiger partial charge in [0, 0.05) is 16.9 Å². The van der Waals surface area contributed by atoms with Gasteiger partial charge in [-0.15, -0.1) is 11.3 Å². The molecular weight excluding hydrogens is 396 g/mol. The number of rotatable bonds is 6. The van der Waals surface area contributed by atoms with Crippen LogP contribution >= 0.6 is 11.3 Å². The van der Waals surface area contributed by atoms with Crippen LogP contribution in [0.25, 0.3) is 11.3 Å². The summed E-state index contributed by atoms with van der Waals surface area (Å²) >= 11 is 1.52. The van der Waals surface area contributed by atoms with Crippen molar-refractivity contribution in [3.63, 3.8) is 0 Å². The van der Waals surface area contributed by atoms with Crippen LogP contribution in [0.2, 0.25) is 0 Å². The summed E-state index contributed by atoms with van der Waals surface area (Å²) in [6.45, 7) is 1.90. The van der Waals surface area contributed by atoms with Crippen molar-refractivity contribution >= 4 is 27.3 Å². The molecule has 0 aliphatic heterocycles. The molecule has 2 atom stereocenters. The van der Waals surface area contributed by atoms with E-state index in [4.69, 9.17) is 0 Å². The van der Waals surface area contributed by atoms with Crippen molar-refractivity contribution in [2.75, 3.05) is 0 Å². The molecule has 1 aliphatic rings. The van der Waals surface area contributed by atoms with E-state index in [0.717, 1.165) is 21.8 Å². The van der Waals surface area contributed by atoms with Gasteiger partial charge in [-0.05, 0) is 31.0 Å². The van der Waals surface area contributed by atoms with Gasteiger partial charge in [0.1, 0.15) is 5.54 Å². The van der Waals surface area contributed by atoms with Crippen molar-refractivity contribution < 1.29 is 18.3 Å². The van der Waals surface area contributed by atoms with E-state index < -0.39 is 27.4 Å². The first-order chi connectivity index (χ1) is 13.3. The third kappa shape index (κ3) is 3.34. The average molecular weight is 415 g/mol. The van der Waals surface area contributed by atoms with Crippen molar-refractivity contribution in [3.05, 3.63) is 70.5 Å². The van der Waals surface area contributed by atoms with E-state index in [0.29, 0.717) is 0 Å². The first-order valence-corrected chi connectivity index (χ1v) is 11.0. The second-order valence-electron chi connectivity index (χ2n) is 6.83. The number of nitrogens with one attached hydrogen (secondary N) is 1. The summed E-state index contributed by atoms with van der Waals surface area (Å²) in [4.78, 5) is 16.3. The van der Waals surface area contributed by atoms with Gasteiger partial charge in [0.25, 0.3) is 0 Å². The van der Waals surface area contributed by atoms with Gasteiger partial charge in [0.15, 0.2) is 0 Å². The normalized spacial score (nSPS) is 21.4. The number of hydrogen-bond acceptors (Lipinski definition) is 5. The average Bonchev–Trinajstić information content (AvgIpc) is 3.24. The maximum atomic E-state index is 12.8. The second-order valence-corrected chi connectivity index (χ2v) is 9.57. The van der Waals surface area contributed by atoms with E-state index in [1.165, 1.54) is 23.5 Å². The number of nitrogens with zero attached hydrogens (tertiary/aromatic N) is 1. The fourth-order valence-corrected chi connectivity index (χ4v) is 5.37. The number of aryl methyl sites for hydroxylation is 1. The third-order valence-electron chi connectivity index (χ3n) is 4.94. The Morgan fingerprint density at radius 2 is 1.86 bits per heavy atom. The summed E-state index contributed by atoms with van der Waals surface area (Å²) in [7, 11) is -3.98. The van der Waals surface area contributed by atoms with Gasteiger partial charge < -0.3 is 5.11 Å². The van der Waals surface area contributed by atoms with Crippen LogP contribution in [0.15, 0.2) is 64.9 Å². The van der Waals surface area contributed by atoms with E-state index in [1.807, 2.05) is 42.6 Å². The largest absolute Gasteiger partial charge is 0.480 e. The third-order valence-corrected chi connectivity index (χ3v) is 7.24. The quantitative estimate of drug-likeness (QED) is 0.644. The zero-order chi connectivity index (χ0) is 19.9. The molecule has 1 heterocycles.